The van der Waals surface area contributed by atoms with Gasteiger partial charge in [0.05, 0.1) is 0 Å². The van der Waals surface area contributed by atoms with Crippen molar-refractivity contribution >= 4 is 11.6 Å². The summed E-state index contributed by atoms with van der Waals surface area (Å²) in [6.07, 6.45) is 3.83. The van der Waals surface area contributed by atoms with Crippen molar-refractivity contribution in [3.63, 3.8) is 0 Å². The molecular formula is C14H24N4O. The van der Waals surface area contributed by atoms with E-state index in [1.165, 1.54) is 0 Å². The van der Waals surface area contributed by atoms with Gasteiger partial charge in [0.15, 0.2) is 0 Å². The molecule has 0 spiro atoms. The van der Waals surface area contributed by atoms with E-state index in [2.05, 4.69) is 34.0 Å². The van der Waals surface area contributed by atoms with E-state index in [0.717, 1.165) is 44.1 Å². The van der Waals surface area contributed by atoms with Crippen molar-refractivity contribution in [2.24, 2.45) is 11.8 Å². The summed E-state index contributed by atoms with van der Waals surface area (Å²) in [4.78, 5) is 10.8. The highest BCUT2D eigenvalue weighted by atomic mass is 16.3. The van der Waals surface area contributed by atoms with Crippen molar-refractivity contribution in [3.8, 4) is 0 Å². The van der Waals surface area contributed by atoms with E-state index in [4.69, 9.17) is 0 Å². The first-order chi connectivity index (χ1) is 9.19. The van der Waals surface area contributed by atoms with Gasteiger partial charge in [-0.05, 0) is 24.7 Å². The predicted octanol–water partition coefficient (Wildman–Crippen LogP) is 1.75. The van der Waals surface area contributed by atoms with Crippen molar-refractivity contribution in [1.29, 1.82) is 0 Å². The first-order valence-electron chi connectivity index (χ1n) is 7.10. The summed E-state index contributed by atoms with van der Waals surface area (Å²) in [6, 6.07) is 2.00. The number of aromatic nitrogens is 2. The fourth-order valence-electron chi connectivity index (χ4n) is 2.35. The monoisotopic (exact) mass is 264 g/mol. The van der Waals surface area contributed by atoms with E-state index >= 15 is 0 Å². The summed E-state index contributed by atoms with van der Waals surface area (Å²) in [6.45, 7) is 7.42. The lowest BCUT2D eigenvalue weighted by atomic mass is 9.99. The molecule has 0 aliphatic carbocycles. The van der Waals surface area contributed by atoms with Gasteiger partial charge in [-0.25, -0.2) is 9.97 Å². The largest absolute Gasteiger partial charge is 0.396 e. The molecular weight excluding hydrogens is 240 g/mol. The lowest BCUT2D eigenvalue weighted by Crippen LogP contribution is -2.37. The lowest BCUT2D eigenvalue weighted by molar-refractivity contribution is 0.208. The molecule has 2 N–H and O–H groups in total. The third kappa shape index (κ3) is 4.06. The third-order valence-corrected chi connectivity index (χ3v) is 3.45. The van der Waals surface area contributed by atoms with E-state index in [-0.39, 0.29) is 6.61 Å². The quantitative estimate of drug-likeness (QED) is 0.848. The average molecular weight is 264 g/mol. The Balaban J connectivity index is 2.01. The number of rotatable bonds is 5. The number of nitrogens with zero attached hydrogens (tertiary/aromatic N) is 3. The predicted molar refractivity (Wildman–Crippen MR) is 77.4 cm³/mol. The smallest absolute Gasteiger partial charge is 0.134 e. The van der Waals surface area contributed by atoms with Crippen LogP contribution in [-0.2, 0) is 0 Å². The van der Waals surface area contributed by atoms with Gasteiger partial charge in [-0.3, -0.25) is 0 Å². The molecule has 106 valence electrons. The Labute approximate surface area is 115 Å². The Bertz CT molecular complexity index is 397. The zero-order chi connectivity index (χ0) is 13.7. The van der Waals surface area contributed by atoms with Crippen LogP contribution in [0.1, 0.15) is 26.7 Å². The van der Waals surface area contributed by atoms with Gasteiger partial charge in [-0.15, -0.1) is 0 Å². The van der Waals surface area contributed by atoms with Crippen LogP contribution in [0.2, 0.25) is 0 Å². The van der Waals surface area contributed by atoms with Crippen molar-refractivity contribution in [3.05, 3.63) is 12.4 Å². The fraction of sp³-hybridized carbons (Fsp3) is 0.714. The third-order valence-electron chi connectivity index (χ3n) is 3.45. The maximum atomic E-state index is 9.28. The summed E-state index contributed by atoms with van der Waals surface area (Å²) < 4.78 is 0. The maximum Gasteiger partial charge on any atom is 0.134 e. The summed E-state index contributed by atoms with van der Waals surface area (Å²) in [5, 5.41) is 12.6. The minimum Gasteiger partial charge on any atom is -0.396 e. The van der Waals surface area contributed by atoms with Crippen LogP contribution in [-0.4, -0.2) is 41.3 Å². The molecule has 1 saturated heterocycles. The Morgan fingerprint density at radius 1 is 1.47 bits per heavy atom. The topological polar surface area (TPSA) is 61.3 Å². The number of hydrogen-bond donors (Lipinski definition) is 2. The average Bonchev–Trinajstić information content (AvgIpc) is 2.45. The molecule has 19 heavy (non-hydrogen) atoms. The van der Waals surface area contributed by atoms with E-state index in [1.54, 1.807) is 6.33 Å². The zero-order valence-electron chi connectivity index (χ0n) is 11.8. The van der Waals surface area contributed by atoms with Gasteiger partial charge >= 0.3 is 0 Å². The Morgan fingerprint density at radius 2 is 2.32 bits per heavy atom. The molecule has 0 aromatic carbocycles. The normalized spacial score (nSPS) is 19.8. The minimum atomic E-state index is 0.264. The molecule has 5 heteroatoms. The van der Waals surface area contributed by atoms with E-state index in [1.807, 2.05) is 6.07 Å². The SMILES string of the molecule is CC(C)CNc1cc(N2CCCC(CO)C2)ncn1. The second-order valence-corrected chi connectivity index (χ2v) is 5.67. The number of aliphatic hydroxyl groups is 1. The second-order valence-electron chi connectivity index (χ2n) is 5.67. The van der Waals surface area contributed by atoms with Gasteiger partial charge in [0.25, 0.3) is 0 Å². The van der Waals surface area contributed by atoms with Gasteiger partial charge in [-0.2, -0.15) is 0 Å². The molecule has 5 nitrogen and oxygen atoms in total. The van der Waals surface area contributed by atoms with Crippen LogP contribution < -0.4 is 10.2 Å². The number of hydrogen-bond acceptors (Lipinski definition) is 5. The molecule has 2 rings (SSSR count). The molecule has 1 atom stereocenters. The number of anilines is 2. The summed E-state index contributed by atoms with van der Waals surface area (Å²) in [5.41, 5.74) is 0. The number of nitrogens with one attached hydrogen (secondary N) is 1. The molecule has 0 radical (unpaired) electrons. The van der Waals surface area contributed by atoms with Crippen molar-refractivity contribution in [2.45, 2.75) is 26.7 Å². The highest BCUT2D eigenvalue weighted by Gasteiger charge is 2.20. The molecule has 1 fully saturated rings. The van der Waals surface area contributed by atoms with Crippen molar-refractivity contribution < 1.29 is 5.11 Å². The highest BCUT2D eigenvalue weighted by Crippen LogP contribution is 2.22. The first kappa shape index (κ1) is 14.1. The molecule has 2 heterocycles. The molecule has 0 amide bonds. The molecule has 1 aromatic rings. The van der Waals surface area contributed by atoms with Gasteiger partial charge in [0.2, 0.25) is 0 Å². The molecule has 0 bridgehead atoms. The maximum absolute atomic E-state index is 9.28. The molecule has 1 aromatic heterocycles. The molecule has 1 unspecified atom stereocenters. The van der Waals surface area contributed by atoms with Crippen LogP contribution in [0.25, 0.3) is 0 Å². The van der Waals surface area contributed by atoms with Gasteiger partial charge in [0, 0.05) is 32.3 Å². The van der Waals surface area contributed by atoms with E-state index in [9.17, 15) is 5.11 Å². The zero-order valence-corrected chi connectivity index (χ0v) is 11.8. The van der Waals surface area contributed by atoms with Crippen molar-refractivity contribution in [2.75, 3.05) is 36.5 Å². The Morgan fingerprint density at radius 3 is 3.05 bits per heavy atom. The second kappa shape index (κ2) is 6.70. The van der Waals surface area contributed by atoms with Crippen LogP contribution in [0.15, 0.2) is 12.4 Å². The fourth-order valence-corrected chi connectivity index (χ4v) is 2.35. The number of aliphatic hydroxyl groups excluding tert-OH is 1. The van der Waals surface area contributed by atoms with Gasteiger partial charge in [-0.1, -0.05) is 13.8 Å². The molecule has 1 aliphatic heterocycles. The van der Waals surface area contributed by atoms with Crippen LogP contribution in [0, 0.1) is 11.8 Å². The Kier molecular flexibility index (Phi) is 4.96. The minimum absolute atomic E-state index is 0.264. The van der Waals surface area contributed by atoms with Crippen LogP contribution in [0.5, 0.6) is 0 Å². The summed E-state index contributed by atoms with van der Waals surface area (Å²) in [7, 11) is 0. The standard InChI is InChI=1S/C14H24N4O/c1-11(2)7-15-13-6-14(17-10-16-13)18-5-3-4-12(8-18)9-19/h6,10-12,19H,3-5,7-9H2,1-2H3,(H,15,16,17). The summed E-state index contributed by atoms with van der Waals surface area (Å²) in [5.74, 6) is 2.80. The van der Waals surface area contributed by atoms with Gasteiger partial charge in [0.1, 0.15) is 18.0 Å². The van der Waals surface area contributed by atoms with Crippen LogP contribution in [0.3, 0.4) is 0 Å². The Hall–Kier alpha value is -1.36. The summed E-state index contributed by atoms with van der Waals surface area (Å²) >= 11 is 0. The molecule has 1 aliphatic rings. The molecule has 0 saturated carbocycles. The van der Waals surface area contributed by atoms with E-state index in [0.29, 0.717) is 11.8 Å². The van der Waals surface area contributed by atoms with Crippen molar-refractivity contribution in [1.82, 2.24) is 9.97 Å². The van der Waals surface area contributed by atoms with Crippen LogP contribution >= 0.6 is 0 Å². The van der Waals surface area contributed by atoms with E-state index < -0.39 is 0 Å². The number of piperidine rings is 1. The lowest BCUT2D eigenvalue weighted by Gasteiger charge is -2.32. The first-order valence-corrected chi connectivity index (χ1v) is 7.10. The van der Waals surface area contributed by atoms with Gasteiger partial charge < -0.3 is 15.3 Å². The highest BCUT2D eigenvalue weighted by molar-refractivity contribution is 5.48. The van der Waals surface area contributed by atoms with Crippen LogP contribution in [0.4, 0.5) is 11.6 Å².